The lowest BCUT2D eigenvalue weighted by Gasteiger charge is -2.26. The average molecular weight is 512 g/mol. The number of hydrogen-bond donors (Lipinski definition) is 0. The van der Waals surface area contributed by atoms with E-state index in [1.54, 1.807) is 34.5 Å². The zero-order chi connectivity index (χ0) is 26.1. The van der Waals surface area contributed by atoms with E-state index in [0.29, 0.717) is 27.4 Å². The molecule has 0 atom stereocenters. The Kier molecular flexibility index (Phi) is 7.20. The van der Waals surface area contributed by atoms with Gasteiger partial charge < -0.3 is 4.90 Å². The van der Waals surface area contributed by atoms with E-state index in [4.69, 9.17) is 4.98 Å². The lowest BCUT2D eigenvalue weighted by atomic mass is 10.1. The third kappa shape index (κ3) is 5.35. The van der Waals surface area contributed by atoms with Crippen molar-refractivity contribution < 1.29 is 4.79 Å². The standard InChI is InChI=1S/C31H33N3O2S/c1-20-8-9-23(4)25(15-20)19-37-31-32-28-18-24(29(35)33-12-6-5-7-13-33)10-11-27(28)30(36)34(31)26-16-21(2)14-22(3)17-26/h8-11,14-18H,5-7,12-13,19H2,1-4H3. The van der Waals surface area contributed by atoms with Gasteiger partial charge in [-0.2, -0.15) is 0 Å². The van der Waals surface area contributed by atoms with E-state index < -0.39 is 0 Å². The van der Waals surface area contributed by atoms with Crippen LogP contribution in [0.3, 0.4) is 0 Å². The molecule has 0 saturated carbocycles. The summed E-state index contributed by atoms with van der Waals surface area (Å²) in [5, 5.41) is 1.15. The van der Waals surface area contributed by atoms with Crippen LogP contribution in [0.4, 0.5) is 0 Å². The van der Waals surface area contributed by atoms with Crippen LogP contribution in [0.2, 0.25) is 0 Å². The Bertz CT molecular complexity index is 1530. The van der Waals surface area contributed by atoms with E-state index in [2.05, 4.69) is 38.1 Å². The predicted octanol–water partition coefficient (Wildman–Crippen LogP) is 6.54. The summed E-state index contributed by atoms with van der Waals surface area (Å²) >= 11 is 1.56. The number of hydrogen-bond acceptors (Lipinski definition) is 4. The van der Waals surface area contributed by atoms with Crippen LogP contribution >= 0.6 is 11.8 Å². The Labute approximate surface area is 222 Å². The summed E-state index contributed by atoms with van der Waals surface area (Å²) in [5.41, 5.74) is 7.69. The number of thioether (sulfide) groups is 1. The molecule has 5 rings (SSSR count). The van der Waals surface area contributed by atoms with Crippen molar-refractivity contribution in [3.05, 3.63) is 98.3 Å². The number of nitrogens with zero attached hydrogens (tertiary/aromatic N) is 3. The zero-order valence-corrected chi connectivity index (χ0v) is 22.8. The summed E-state index contributed by atoms with van der Waals surface area (Å²) in [6.45, 7) is 9.85. The fraction of sp³-hybridized carbons (Fsp3) is 0.323. The summed E-state index contributed by atoms with van der Waals surface area (Å²) in [6, 6.07) is 17.9. The number of aryl methyl sites for hydroxylation is 4. The first-order valence-corrected chi connectivity index (χ1v) is 13.9. The van der Waals surface area contributed by atoms with Crippen molar-refractivity contribution in [1.82, 2.24) is 14.5 Å². The molecule has 190 valence electrons. The average Bonchev–Trinajstić information content (AvgIpc) is 2.88. The maximum atomic E-state index is 13.9. The van der Waals surface area contributed by atoms with Gasteiger partial charge in [0.15, 0.2) is 5.16 Å². The van der Waals surface area contributed by atoms with E-state index in [1.807, 2.05) is 30.9 Å². The monoisotopic (exact) mass is 511 g/mol. The van der Waals surface area contributed by atoms with Gasteiger partial charge in [0.05, 0.1) is 16.6 Å². The lowest BCUT2D eigenvalue weighted by molar-refractivity contribution is 0.0724. The normalized spacial score (nSPS) is 13.8. The van der Waals surface area contributed by atoms with Crippen LogP contribution in [-0.4, -0.2) is 33.4 Å². The topological polar surface area (TPSA) is 55.2 Å². The maximum Gasteiger partial charge on any atom is 0.266 e. The van der Waals surface area contributed by atoms with Crippen molar-refractivity contribution in [1.29, 1.82) is 0 Å². The van der Waals surface area contributed by atoms with Crippen LogP contribution < -0.4 is 5.56 Å². The molecule has 1 aliphatic heterocycles. The molecule has 0 radical (unpaired) electrons. The van der Waals surface area contributed by atoms with Crippen LogP contribution in [0.1, 0.15) is 57.4 Å². The van der Waals surface area contributed by atoms with Crippen LogP contribution in [0.25, 0.3) is 16.6 Å². The second-order valence-electron chi connectivity index (χ2n) is 10.2. The minimum absolute atomic E-state index is 0.0199. The molecular formula is C31H33N3O2S. The molecule has 0 N–H and O–H groups in total. The van der Waals surface area contributed by atoms with E-state index >= 15 is 0 Å². The van der Waals surface area contributed by atoms with Gasteiger partial charge in [-0.05, 0) is 99.5 Å². The molecule has 1 fully saturated rings. The number of carbonyl (C=O) groups excluding carboxylic acids is 1. The third-order valence-corrected chi connectivity index (χ3v) is 8.04. The number of carbonyl (C=O) groups is 1. The number of aromatic nitrogens is 2. The van der Waals surface area contributed by atoms with Gasteiger partial charge >= 0.3 is 0 Å². The predicted molar refractivity (Wildman–Crippen MR) is 152 cm³/mol. The Morgan fingerprint density at radius 2 is 1.59 bits per heavy atom. The van der Waals surface area contributed by atoms with E-state index in [9.17, 15) is 9.59 Å². The number of rotatable bonds is 5. The van der Waals surface area contributed by atoms with Crippen molar-refractivity contribution in [2.24, 2.45) is 0 Å². The van der Waals surface area contributed by atoms with Crippen molar-refractivity contribution in [2.75, 3.05) is 13.1 Å². The Balaban J connectivity index is 1.62. The Hall–Kier alpha value is -3.38. The molecule has 0 bridgehead atoms. The van der Waals surface area contributed by atoms with Gasteiger partial charge in [-0.15, -0.1) is 0 Å². The first kappa shape index (κ1) is 25.3. The lowest BCUT2D eigenvalue weighted by Crippen LogP contribution is -2.35. The van der Waals surface area contributed by atoms with Crippen molar-refractivity contribution in [3.8, 4) is 5.69 Å². The number of piperidine rings is 1. The van der Waals surface area contributed by atoms with Crippen LogP contribution in [0, 0.1) is 27.7 Å². The van der Waals surface area contributed by atoms with Gasteiger partial charge in [0, 0.05) is 24.4 Å². The number of amides is 1. The van der Waals surface area contributed by atoms with Gasteiger partial charge in [-0.1, -0.05) is 41.6 Å². The second-order valence-corrected chi connectivity index (χ2v) is 11.1. The highest BCUT2D eigenvalue weighted by molar-refractivity contribution is 7.98. The highest BCUT2D eigenvalue weighted by Gasteiger charge is 2.20. The van der Waals surface area contributed by atoms with Gasteiger partial charge in [-0.3, -0.25) is 14.2 Å². The fourth-order valence-electron chi connectivity index (χ4n) is 5.08. The van der Waals surface area contributed by atoms with Gasteiger partial charge in [0.1, 0.15) is 0 Å². The molecule has 0 unspecified atom stereocenters. The van der Waals surface area contributed by atoms with Crippen LogP contribution in [0.5, 0.6) is 0 Å². The van der Waals surface area contributed by atoms with Crippen LogP contribution in [-0.2, 0) is 5.75 Å². The Morgan fingerprint density at radius 3 is 2.32 bits per heavy atom. The SMILES string of the molecule is Cc1cc(C)cc(-n2c(SCc3cc(C)ccc3C)nc3cc(C(=O)N4CCCCC4)ccc3c2=O)c1. The molecule has 1 aromatic heterocycles. The number of likely N-dealkylation sites (tertiary alicyclic amines) is 1. The number of benzene rings is 3. The molecule has 37 heavy (non-hydrogen) atoms. The van der Waals surface area contributed by atoms with E-state index in [-0.39, 0.29) is 11.5 Å². The molecule has 0 spiro atoms. The van der Waals surface area contributed by atoms with Crippen molar-refractivity contribution in [2.45, 2.75) is 57.9 Å². The molecule has 2 heterocycles. The number of fused-ring (bicyclic) bond motifs is 1. The zero-order valence-electron chi connectivity index (χ0n) is 22.0. The van der Waals surface area contributed by atoms with Gasteiger partial charge in [0.25, 0.3) is 11.5 Å². The molecule has 0 aliphatic carbocycles. The summed E-state index contributed by atoms with van der Waals surface area (Å²) < 4.78 is 1.73. The maximum absolute atomic E-state index is 13.9. The minimum atomic E-state index is -0.115. The summed E-state index contributed by atoms with van der Waals surface area (Å²) in [4.78, 5) is 34.0. The highest BCUT2D eigenvalue weighted by Crippen LogP contribution is 2.28. The summed E-state index contributed by atoms with van der Waals surface area (Å²) in [7, 11) is 0. The minimum Gasteiger partial charge on any atom is -0.339 e. The summed E-state index contributed by atoms with van der Waals surface area (Å²) in [5.74, 6) is 0.717. The second kappa shape index (κ2) is 10.5. The molecule has 4 aromatic rings. The van der Waals surface area contributed by atoms with E-state index in [0.717, 1.165) is 42.7 Å². The van der Waals surface area contributed by atoms with Crippen LogP contribution in [0.15, 0.2) is 64.5 Å². The first-order chi connectivity index (χ1) is 17.8. The molecule has 5 nitrogen and oxygen atoms in total. The van der Waals surface area contributed by atoms with Crippen molar-refractivity contribution in [3.63, 3.8) is 0 Å². The summed E-state index contributed by atoms with van der Waals surface area (Å²) in [6.07, 6.45) is 3.25. The quantitative estimate of drug-likeness (QED) is 0.226. The molecule has 1 amide bonds. The fourth-order valence-corrected chi connectivity index (χ4v) is 6.16. The Morgan fingerprint density at radius 1 is 0.865 bits per heavy atom. The molecule has 1 aliphatic rings. The highest BCUT2D eigenvalue weighted by atomic mass is 32.2. The van der Waals surface area contributed by atoms with E-state index in [1.165, 1.54) is 23.1 Å². The van der Waals surface area contributed by atoms with Gasteiger partial charge in [0.2, 0.25) is 0 Å². The van der Waals surface area contributed by atoms with Gasteiger partial charge in [-0.25, -0.2) is 4.98 Å². The molecule has 3 aromatic carbocycles. The first-order valence-electron chi connectivity index (χ1n) is 12.9. The molecule has 1 saturated heterocycles. The van der Waals surface area contributed by atoms with Crippen molar-refractivity contribution >= 4 is 28.6 Å². The smallest absolute Gasteiger partial charge is 0.266 e. The third-order valence-electron chi connectivity index (χ3n) is 7.05. The molecular weight excluding hydrogens is 478 g/mol. The largest absolute Gasteiger partial charge is 0.339 e. The molecule has 6 heteroatoms.